The van der Waals surface area contributed by atoms with Crippen molar-refractivity contribution >= 4 is 58.3 Å². The van der Waals surface area contributed by atoms with Gasteiger partial charge in [-0.25, -0.2) is 5.43 Å². The van der Waals surface area contributed by atoms with Crippen LogP contribution in [0.2, 0.25) is 10.0 Å². The van der Waals surface area contributed by atoms with Crippen molar-refractivity contribution in [2.45, 2.75) is 6.92 Å². The smallest absolute Gasteiger partial charge is 0.316 e. The van der Waals surface area contributed by atoms with Crippen LogP contribution in [-0.2, 0) is 9.59 Å². The van der Waals surface area contributed by atoms with Crippen molar-refractivity contribution < 1.29 is 9.59 Å². The minimum atomic E-state index is -0.901. The zero-order chi connectivity index (χ0) is 16.1. The molecule has 0 fully saturated rings. The van der Waals surface area contributed by atoms with Gasteiger partial charge < -0.3 is 5.32 Å². The van der Waals surface area contributed by atoms with E-state index >= 15 is 0 Å². The fraction of sp³-hybridized carbons (Fsp3) is 0.0714. The average molecular weight is 356 g/mol. The van der Waals surface area contributed by atoms with Gasteiger partial charge in [0.25, 0.3) is 0 Å². The van der Waals surface area contributed by atoms with E-state index in [1.54, 1.807) is 6.07 Å². The first-order valence-corrected chi connectivity index (χ1v) is 7.74. The molecule has 2 N–H and O–H groups in total. The summed E-state index contributed by atoms with van der Waals surface area (Å²) in [7, 11) is 0. The number of amides is 2. The number of rotatable bonds is 3. The third kappa shape index (κ3) is 4.30. The lowest BCUT2D eigenvalue weighted by molar-refractivity contribution is -0.136. The van der Waals surface area contributed by atoms with E-state index < -0.39 is 11.8 Å². The van der Waals surface area contributed by atoms with Crippen LogP contribution in [0.25, 0.3) is 0 Å². The molecule has 0 aliphatic rings. The maximum Gasteiger partial charge on any atom is 0.329 e. The lowest BCUT2D eigenvalue weighted by Gasteiger charge is -2.06. The maximum absolute atomic E-state index is 11.7. The maximum atomic E-state index is 11.7. The molecule has 2 rings (SSSR count). The Morgan fingerprint density at radius 1 is 1.23 bits per heavy atom. The Morgan fingerprint density at radius 3 is 2.68 bits per heavy atom. The van der Waals surface area contributed by atoms with E-state index in [2.05, 4.69) is 15.8 Å². The Labute approximate surface area is 140 Å². The van der Waals surface area contributed by atoms with Gasteiger partial charge in [0.1, 0.15) is 0 Å². The van der Waals surface area contributed by atoms with Crippen LogP contribution < -0.4 is 10.7 Å². The second-order valence-corrected chi connectivity index (χ2v) is 6.04. The number of nitrogens with zero attached hydrogens (tertiary/aromatic N) is 1. The molecule has 1 heterocycles. The number of anilines is 1. The third-order valence-electron chi connectivity index (χ3n) is 2.63. The molecule has 2 aromatic rings. The van der Waals surface area contributed by atoms with Gasteiger partial charge in [-0.2, -0.15) is 5.10 Å². The normalized spacial score (nSPS) is 10.7. The SMILES string of the molecule is Cc1ccsc1/C=N/NC(=O)C(=O)Nc1cc(Cl)ccc1Cl. The van der Waals surface area contributed by atoms with Crippen LogP contribution in [-0.4, -0.2) is 18.0 Å². The van der Waals surface area contributed by atoms with Crippen LogP contribution >= 0.6 is 34.5 Å². The summed E-state index contributed by atoms with van der Waals surface area (Å²) < 4.78 is 0. The van der Waals surface area contributed by atoms with Gasteiger partial charge in [-0.05, 0) is 42.1 Å². The standard InChI is InChI=1S/C14H11Cl2N3O2S/c1-8-4-5-22-12(8)7-17-19-14(21)13(20)18-11-6-9(15)2-3-10(11)16/h2-7H,1H3,(H,18,20)(H,19,21)/b17-7+. The molecule has 0 bridgehead atoms. The summed E-state index contributed by atoms with van der Waals surface area (Å²) in [6, 6.07) is 6.48. The van der Waals surface area contributed by atoms with Gasteiger partial charge in [0.15, 0.2) is 0 Å². The Hall–Kier alpha value is -1.89. The number of aryl methyl sites for hydroxylation is 1. The number of hydrogen-bond acceptors (Lipinski definition) is 4. The Balaban J connectivity index is 1.95. The summed E-state index contributed by atoms with van der Waals surface area (Å²) in [5, 5.41) is 8.70. The molecule has 0 aliphatic heterocycles. The highest BCUT2D eigenvalue weighted by Crippen LogP contribution is 2.25. The minimum absolute atomic E-state index is 0.257. The average Bonchev–Trinajstić information content (AvgIpc) is 2.88. The van der Waals surface area contributed by atoms with E-state index in [-0.39, 0.29) is 10.7 Å². The first-order chi connectivity index (χ1) is 10.5. The highest BCUT2D eigenvalue weighted by atomic mass is 35.5. The predicted molar refractivity (Wildman–Crippen MR) is 89.9 cm³/mol. The van der Waals surface area contributed by atoms with E-state index in [1.807, 2.05) is 18.4 Å². The summed E-state index contributed by atoms with van der Waals surface area (Å²) in [5.74, 6) is -1.79. The minimum Gasteiger partial charge on any atom is -0.316 e. The van der Waals surface area contributed by atoms with Crippen LogP contribution in [0.3, 0.4) is 0 Å². The Kier molecular flexibility index (Phi) is 5.54. The molecular weight excluding hydrogens is 345 g/mol. The van der Waals surface area contributed by atoms with Crippen LogP contribution in [0, 0.1) is 6.92 Å². The van der Waals surface area contributed by atoms with Crippen molar-refractivity contribution in [2.75, 3.05) is 5.32 Å². The monoisotopic (exact) mass is 355 g/mol. The van der Waals surface area contributed by atoms with E-state index in [1.165, 1.54) is 29.7 Å². The van der Waals surface area contributed by atoms with Crippen LogP contribution in [0.15, 0.2) is 34.7 Å². The molecule has 8 heteroatoms. The first-order valence-electron chi connectivity index (χ1n) is 6.11. The number of halogens is 2. The number of carbonyl (C=O) groups excluding carboxylic acids is 2. The van der Waals surface area contributed by atoms with E-state index in [4.69, 9.17) is 23.2 Å². The number of hydrazone groups is 1. The van der Waals surface area contributed by atoms with Gasteiger partial charge in [-0.3, -0.25) is 9.59 Å². The van der Waals surface area contributed by atoms with Crippen molar-refractivity contribution in [3.63, 3.8) is 0 Å². The second-order valence-electron chi connectivity index (χ2n) is 4.25. The summed E-state index contributed by atoms with van der Waals surface area (Å²) in [6.45, 7) is 1.92. The molecule has 0 radical (unpaired) electrons. The number of carbonyl (C=O) groups is 2. The predicted octanol–water partition coefficient (Wildman–Crippen LogP) is 3.45. The van der Waals surface area contributed by atoms with Gasteiger partial charge in [-0.15, -0.1) is 11.3 Å². The van der Waals surface area contributed by atoms with Crippen molar-refractivity contribution in [3.05, 3.63) is 50.1 Å². The van der Waals surface area contributed by atoms with Crippen LogP contribution in [0.5, 0.6) is 0 Å². The summed E-state index contributed by atoms with van der Waals surface area (Å²) in [4.78, 5) is 24.3. The van der Waals surface area contributed by atoms with E-state index in [0.29, 0.717) is 5.02 Å². The largest absolute Gasteiger partial charge is 0.329 e. The molecule has 5 nitrogen and oxygen atoms in total. The highest BCUT2D eigenvalue weighted by Gasteiger charge is 2.14. The van der Waals surface area contributed by atoms with Crippen molar-refractivity contribution in [2.24, 2.45) is 5.10 Å². The quantitative estimate of drug-likeness (QED) is 0.502. The first kappa shape index (κ1) is 16.5. The molecule has 0 unspecified atom stereocenters. The number of hydrogen-bond donors (Lipinski definition) is 2. The lowest BCUT2D eigenvalue weighted by Crippen LogP contribution is -2.32. The van der Waals surface area contributed by atoms with Gasteiger partial charge >= 0.3 is 11.8 Å². The summed E-state index contributed by atoms with van der Waals surface area (Å²) >= 11 is 13.2. The molecule has 0 atom stereocenters. The molecule has 0 saturated heterocycles. The molecule has 1 aromatic carbocycles. The summed E-state index contributed by atoms with van der Waals surface area (Å²) in [6.07, 6.45) is 1.48. The highest BCUT2D eigenvalue weighted by molar-refractivity contribution is 7.11. The Bertz CT molecular complexity index is 743. The van der Waals surface area contributed by atoms with Crippen molar-refractivity contribution in [3.8, 4) is 0 Å². The van der Waals surface area contributed by atoms with Gasteiger partial charge in [0.05, 0.1) is 16.9 Å². The number of nitrogens with one attached hydrogen (secondary N) is 2. The molecule has 2 amide bonds. The third-order valence-corrected chi connectivity index (χ3v) is 4.15. The number of benzene rings is 1. The van der Waals surface area contributed by atoms with Gasteiger partial charge in [-0.1, -0.05) is 23.2 Å². The van der Waals surface area contributed by atoms with Crippen molar-refractivity contribution in [1.29, 1.82) is 0 Å². The molecule has 0 spiro atoms. The molecular formula is C14H11Cl2N3O2S. The zero-order valence-corrected chi connectivity index (χ0v) is 13.7. The molecule has 114 valence electrons. The van der Waals surface area contributed by atoms with Crippen LogP contribution in [0.1, 0.15) is 10.4 Å². The molecule has 0 saturated carbocycles. The van der Waals surface area contributed by atoms with Crippen molar-refractivity contribution in [1.82, 2.24) is 5.43 Å². The zero-order valence-electron chi connectivity index (χ0n) is 11.4. The fourth-order valence-electron chi connectivity index (χ4n) is 1.49. The lowest BCUT2D eigenvalue weighted by atomic mass is 10.3. The molecule has 22 heavy (non-hydrogen) atoms. The van der Waals surface area contributed by atoms with Gasteiger partial charge in [0.2, 0.25) is 0 Å². The van der Waals surface area contributed by atoms with Gasteiger partial charge in [0, 0.05) is 9.90 Å². The fourth-order valence-corrected chi connectivity index (χ4v) is 2.61. The topological polar surface area (TPSA) is 70.6 Å². The van der Waals surface area contributed by atoms with E-state index in [9.17, 15) is 9.59 Å². The van der Waals surface area contributed by atoms with E-state index in [0.717, 1.165) is 10.4 Å². The second kappa shape index (κ2) is 7.40. The Morgan fingerprint density at radius 2 is 2.00 bits per heavy atom. The molecule has 0 aliphatic carbocycles. The summed E-state index contributed by atoms with van der Waals surface area (Å²) in [5.41, 5.74) is 3.45. The van der Waals surface area contributed by atoms with Crippen LogP contribution in [0.4, 0.5) is 5.69 Å². The number of thiophene rings is 1. The molecule has 1 aromatic heterocycles.